The van der Waals surface area contributed by atoms with E-state index in [-0.39, 0.29) is 12.2 Å². The second kappa shape index (κ2) is 5.38. The molecule has 1 aromatic rings. The van der Waals surface area contributed by atoms with Gasteiger partial charge in [0.15, 0.2) is 11.4 Å². The third-order valence-corrected chi connectivity index (χ3v) is 3.43. The first kappa shape index (κ1) is 13.5. The lowest BCUT2D eigenvalue weighted by molar-refractivity contribution is -0.141. The van der Waals surface area contributed by atoms with Crippen LogP contribution in [0.25, 0.3) is 5.57 Å². The summed E-state index contributed by atoms with van der Waals surface area (Å²) in [6.45, 7) is -0.418. The molecule has 1 aromatic carbocycles. The Morgan fingerprint density at radius 2 is 2.05 bits per heavy atom. The molecule has 2 N–H and O–H groups in total. The molecular weight excluding hydrogens is 244 g/mol. The number of methoxy groups -OCH3 is 1. The smallest absolute Gasteiger partial charge is 0.190 e. The molecule has 0 fully saturated rings. The predicted octanol–water partition coefficient (Wildman–Crippen LogP) is 1.86. The molecule has 0 saturated carbocycles. The molecule has 0 aliphatic heterocycles. The normalized spacial score (nSPS) is 25.5. The molecule has 4 heteroatoms. The van der Waals surface area contributed by atoms with E-state index in [4.69, 9.17) is 4.74 Å². The van der Waals surface area contributed by atoms with E-state index in [2.05, 4.69) is 0 Å². The molecule has 0 amide bonds. The highest BCUT2D eigenvalue weighted by Gasteiger charge is 2.41. The van der Waals surface area contributed by atoms with Crippen molar-refractivity contribution < 1.29 is 19.7 Å². The largest absolute Gasteiger partial charge is 0.515 e. The van der Waals surface area contributed by atoms with Gasteiger partial charge in [0.25, 0.3) is 0 Å². The van der Waals surface area contributed by atoms with E-state index >= 15 is 0 Å². The average molecular weight is 260 g/mol. The topological polar surface area (TPSA) is 66.8 Å². The first-order chi connectivity index (χ1) is 9.16. The Balaban J connectivity index is 2.49. The standard InChI is InChI=1S/C15H16O4/c1-19-15(10-17)8-12(9-16)13(7-14(15)18)11-5-3-2-4-6-11/h2-7,9,16-17H,8,10H2,1H3. The molecule has 0 spiro atoms. The number of rotatable bonds is 3. The van der Waals surface area contributed by atoms with Crippen molar-refractivity contribution >= 4 is 11.4 Å². The van der Waals surface area contributed by atoms with Gasteiger partial charge in [-0.15, -0.1) is 0 Å². The number of carbonyl (C=O) groups is 1. The molecule has 4 nitrogen and oxygen atoms in total. The molecular formula is C15H16O4. The van der Waals surface area contributed by atoms with E-state index in [1.54, 1.807) is 0 Å². The van der Waals surface area contributed by atoms with Crippen LogP contribution in [0, 0.1) is 0 Å². The highest BCUT2D eigenvalue weighted by atomic mass is 16.5. The van der Waals surface area contributed by atoms with Crippen LogP contribution in [-0.2, 0) is 9.53 Å². The number of carbonyl (C=O) groups excluding carboxylic acids is 1. The summed E-state index contributed by atoms with van der Waals surface area (Å²) in [4.78, 5) is 12.2. The van der Waals surface area contributed by atoms with Crippen LogP contribution in [0.1, 0.15) is 12.0 Å². The van der Waals surface area contributed by atoms with Crippen LogP contribution >= 0.6 is 0 Å². The molecule has 1 aliphatic carbocycles. The SMILES string of the molecule is COC1(CO)CC(=CO)C(c2ccccc2)=CC1=O. The minimum atomic E-state index is -1.28. The number of allylic oxidation sites excluding steroid dienone is 1. The quantitative estimate of drug-likeness (QED) is 0.814. The molecule has 19 heavy (non-hydrogen) atoms. The van der Waals surface area contributed by atoms with Gasteiger partial charge in [0.05, 0.1) is 12.9 Å². The van der Waals surface area contributed by atoms with E-state index in [1.165, 1.54) is 13.2 Å². The third-order valence-electron chi connectivity index (χ3n) is 3.43. The summed E-state index contributed by atoms with van der Waals surface area (Å²) in [6.07, 6.45) is 2.53. The van der Waals surface area contributed by atoms with E-state index in [1.807, 2.05) is 30.3 Å². The van der Waals surface area contributed by atoms with E-state index in [0.717, 1.165) is 11.8 Å². The van der Waals surface area contributed by atoms with Crippen molar-refractivity contribution in [2.24, 2.45) is 0 Å². The fourth-order valence-corrected chi connectivity index (χ4v) is 2.22. The van der Waals surface area contributed by atoms with E-state index < -0.39 is 12.2 Å². The summed E-state index contributed by atoms with van der Waals surface area (Å²) < 4.78 is 5.16. The van der Waals surface area contributed by atoms with Crippen LogP contribution in [0.15, 0.2) is 48.2 Å². The second-order valence-electron chi connectivity index (χ2n) is 4.48. The Labute approximate surface area is 111 Å². The van der Waals surface area contributed by atoms with Gasteiger partial charge < -0.3 is 14.9 Å². The van der Waals surface area contributed by atoms with Crippen molar-refractivity contribution in [2.75, 3.05) is 13.7 Å². The maximum Gasteiger partial charge on any atom is 0.190 e. The number of hydrogen-bond acceptors (Lipinski definition) is 4. The van der Waals surface area contributed by atoms with Crippen LogP contribution in [-0.4, -0.2) is 35.3 Å². The molecule has 0 bridgehead atoms. The maximum atomic E-state index is 12.2. The first-order valence-corrected chi connectivity index (χ1v) is 5.98. The average Bonchev–Trinajstić information content (AvgIpc) is 2.48. The van der Waals surface area contributed by atoms with Crippen molar-refractivity contribution in [3.8, 4) is 0 Å². The van der Waals surface area contributed by atoms with E-state index in [9.17, 15) is 15.0 Å². The number of ketones is 1. The van der Waals surface area contributed by atoms with Crippen molar-refractivity contribution in [2.45, 2.75) is 12.0 Å². The summed E-state index contributed by atoms with van der Waals surface area (Å²) in [5.74, 6) is -0.290. The molecule has 100 valence electrons. The zero-order valence-corrected chi connectivity index (χ0v) is 10.7. The maximum absolute atomic E-state index is 12.2. The Morgan fingerprint density at radius 3 is 2.58 bits per heavy atom. The Morgan fingerprint density at radius 1 is 1.37 bits per heavy atom. The number of aliphatic hydroxyl groups excluding tert-OH is 2. The molecule has 1 unspecified atom stereocenters. The Bertz CT molecular complexity index is 524. The van der Waals surface area contributed by atoms with Gasteiger partial charge >= 0.3 is 0 Å². The van der Waals surface area contributed by atoms with Gasteiger partial charge in [0, 0.05) is 13.5 Å². The Kier molecular flexibility index (Phi) is 3.83. The lowest BCUT2D eigenvalue weighted by Crippen LogP contribution is -2.46. The van der Waals surface area contributed by atoms with Gasteiger partial charge in [0.1, 0.15) is 0 Å². The van der Waals surface area contributed by atoms with Crippen LogP contribution in [0.5, 0.6) is 0 Å². The lowest BCUT2D eigenvalue weighted by Gasteiger charge is -2.33. The van der Waals surface area contributed by atoms with Crippen molar-refractivity contribution in [3.05, 3.63) is 53.8 Å². The molecule has 1 atom stereocenters. The van der Waals surface area contributed by atoms with Crippen molar-refractivity contribution in [1.82, 2.24) is 0 Å². The summed E-state index contributed by atoms with van der Waals surface area (Å²) in [5, 5.41) is 18.8. The molecule has 0 radical (unpaired) electrons. The minimum Gasteiger partial charge on any atom is -0.515 e. The number of benzene rings is 1. The number of hydrogen-bond donors (Lipinski definition) is 2. The Hall–Kier alpha value is -1.91. The fraction of sp³-hybridized carbons (Fsp3) is 0.267. The van der Waals surface area contributed by atoms with Crippen LogP contribution < -0.4 is 0 Å². The molecule has 0 aromatic heterocycles. The summed E-state index contributed by atoms with van der Waals surface area (Å²) >= 11 is 0. The predicted molar refractivity (Wildman–Crippen MR) is 71.6 cm³/mol. The third kappa shape index (κ3) is 2.32. The van der Waals surface area contributed by atoms with Crippen molar-refractivity contribution in [3.63, 3.8) is 0 Å². The minimum absolute atomic E-state index is 0.149. The highest BCUT2D eigenvalue weighted by molar-refractivity contribution is 6.08. The van der Waals surface area contributed by atoms with Crippen LogP contribution in [0.3, 0.4) is 0 Å². The molecule has 2 rings (SSSR count). The zero-order chi connectivity index (χ0) is 13.9. The van der Waals surface area contributed by atoms with Gasteiger partial charge in [-0.3, -0.25) is 4.79 Å². The lowest BCUT2D eigenvalue weighted by atomic mass is 9.79. The van der Waals surface area contributed by atoms with Crippen molar-refractivity contribution in [1.29, 1.82) is 0 Å². The first-order valence-electron chi connectivity index (χ1n) is 5.98. The van der Waals surface area contributed by atoms with Gasteiger partial charge in [-0.2, -0.15) is 0 Å². The van der Waals surface area contributed by atoms with Gasteiger partial charge in [-0.05, 0) is 22.8 Å². The highest BCUT2D eigenvalue weighted by Crippen LogP contribution is 2.36. The second-order valence-corrected chi connectivity index (χ2v) is 4.48. The summed E-state index contributed by atoms with van der Waals surface area (Å²) in [6, 6.07) is 9.33. The van der Waals surface area contributed by atoms with Crippen LogP contribution in [0.4, 0.5) is 0 Å². The number of aliphatic hydroxyl groups is 2. The van der Waals surface area contributed by atoms with Gasteiger partial charge in [-0.25, -0.2) is 0 Å². The summed E-state index contributed by atoms with van der Waals surface area (Å²) in [5.41, 5.74) is 0.794. The van der Waals surface area contributed by atoms with Gasteiger partial charge in [0.2, 0.25) is 0 Å². The monoisotopic (exact) mass is 260 g/mol. The zero-order valence-electron chi connectivity index (χ0n) is 10.7. The molecule has 1 aliphatic rings. The van der Waals surface area contributed by atoms with Crippen LogP contribution in [0.2, 0.25) is 0 Å². The number of ether oxygens (including phenoxy) is 1. The van der Waals surface area contributed by atoms with E-state index in [0.29, 0.717) is 11.1 Å². The summed E-state index contributed by atoms with van der Waals surface area (Å²) in [7, 11) is 1.38. The molecule has 0 saturated heterocycles. The fourth-order valence-electron chi connectivity index (χ4n) is 2.22. The van der Waals surface area contributed by atoms with Gasteiger partial charge in [-0.1, -0.05) is 30.3 Å². The molecule has 0 heterocycles.